The Balaban J connectivity index is 2.39. The first-order chi connectivity index (χ1) is 9.01. The predicted molar refractivity (Wildman–Crippen MR) is 80.5 cm³/mol. The van der Waals surface area contributed by atoms with Gasteiger partial charge in [0.15, 0.2) is 0 Å². The maximum atomic E-state index is 10.7. The average Bonchev–Trinajstić information content (AvgIpc) is 2.35. The normalized spacial score (nSPS) is 10.3. The molecule has 4 heteroatoms. The van der Waals surface area contributed by atoms with Crippen molar-refractivity contribution in [3.8, 4) is 11.5 Å². The van der Waals surface area contributed by atoms with Crippen molar-refractivity contribution in [1.82, 2.24) is 0 Å². The van der Waals surface area contributed by atoms with Crippen LogP contribution in [0.3, 0.4) is 0 Å². The van der Waals surface area contributed by atoms with E-state index in [0.717, 1.165) is 27.6 Å². The van der Waals surface area contributed by atoms with E-state index < -0.39 is 0 Å². The maximum Gasteiger partial charge on any atom is 0.150 e. The first-order valence-electron chi connectivity index (χ1n) is 5.70. The first kappa shape index (κ1) is 14.1. The lowest BCUT2D eigenvalue weighted by Gasteiger charge is -2.13. The number of carbonyl (C=O) groups is 1. The molecule has 19 heavy (non-hydrogen) atoms. The van der Waals surface area contributed by atoms with Gasteiger partial charge in [-0.25, -0.2) is 0 Å². The van der Waals surface area contributed by atoms with Crippen LogP contribution in [0.15, 0.2) is 34.8 Å². The van der Waals surface area contributed by atoms with Crippen molar-refractivity contribution in [2.45, 2.75) is 13.8 Å². The van der Waals surface area contributed by atoms with Crippen molar-refractivity contribution in [3.05, 3.63) is 56.5 Å². The van der Waals surface area contributed by atoms with Gasteiger partial charge in [-0.1, -0.05) is 11.6 Å². The molecule has 2 aromatic rings. The van der Waals surface area contributed by atoms with E-state index in [4.69, 9.17) is 16.3 Å². The zero-order chi connectivity index (χ0) is 14.0. The molecule has 0 aromatic heterocycles. The minimum atomic E-state index is 0.601. The Morgan fingerprint density at radius 1 is 1.16 bits per heavy atom. The molecule has 2 nitrogen and oxygen atoms in total. The largest absolute Gasteiger partial charge is 0.456 e. The maximum absolute atomic E-state index is 10.7. The Kier molecular flexibility index (Phi) is 4.27. The van der Waals surface area contributed by atoms with Crippen molar-refractivity contribution >= 4 is 33.8 Å². The molecule has 0 saturated carbocycles. The molecule has 0 radical (unpaired) electrons. The number of rotatable bonds is 3. The smallest absolute Gasteiger partial charge is 0.150 e. The van der Waals surface area contributed by atoms with Crippen LogP contribution in [-0.2, 0) is 0 Å². The second-order valence-corrected chi connectivity index (χ2v) is 5.57. The number of ether oxygens (including phenoxy) is 1. The third-order valence-corrected chi connectivity index (χ3v) is 3.57. The van der Waals surface area contributed by atoms with Gasteiger partial charge in [-0.3, -0.25) is 4.79 Å². The van der Waals surface area contributed by atoms with Crippen molar-refractivity contribution in [2.75, 3.05) is 0 Å². The molecule has 0 spiro atoms. The predicted octanol–water partition coefficient (Wildman–Crippen LogP) is 5.32. The van der Waals surface area contributed by atoms with Crippen LogP contribution in [0.25, 0.3) is 0 Å². The number of halogens is 2. The van der Waals surface area contributed by atoms with Crippen molar-refractivity contribution in [3.63, 3.8) is 0 Å². The van der Waals surface area contributed by atoms with E-state index in [-0.39, 0.29) is 0 Å². The van der Waals surface area contributed by atoms with Crippen LogP contribution in [0.5, 0.6) is 11.5 Å². The molecule has 0 heterocycles. The monoisotopic (exact) mass is 338 g/mol. The van der Waals surface area contributed by atoms with Gasteiger partial charge in [-0.15, -0.1) is 0 Å². The minimum absolute atomic E-state index is 0.601. The Bertz CT molecular complexity index is 615. The number of carbonyl (C=O) groups excluding carboxylic acids is 1. The lowest BCUT2D eigenvalue weighted by Crippen LogP contribution is -1.93. The number of benzene rings is 2. The number of aldehydes is 1. The third-order valence-electron chi connectivity index (χ3n) is 2.73. The standard InChI is InChI=1S/C15H12BrClO2/c1-9-5-12(17)6-10(2)15(9)19-14-4-3-11(8-18)7-13(14)16/h3-8H,1-2H3. The lowest BCUT2D eigenvalue weighted by atomic mass is 10.1. The highest BCUT2D eigenvalue weighted by atomic mass is 79.9. The molecular weight excluding hydrogens is 328 g/mol. The topological polar surface area (TPSA) is 26.3 Å². The summed E-state index contributed by atoms with van der Waals surface area (Å²) in [6.45, 7) is 3.89. The highest BCUT2D eigenvalue weighted by molar-refractivity contribution is 9.10. The van der Waals surface area contributed by atoms with Crippen molar-refractivity contribution in [2.24, 2.45) is 0 Å². The van der Waals surface area contributed by atoms with E-state index in [2.05, 4.69) is 15.9 Å². The Labute approximate surface area is 125 Å². The van der Waals surface area contributed by atoms with E-state index in [1.54, 1.807) is 18.2 Å². The van der Waals surface area contributed by atoms with Crippen LogP contribution in [0.4, 0.5) is 0 Å². The van der Waals surface area contributed by atoms with Gasteiger partial charge in [0.1, 0.15) is 17.8 Å². The van der Waals surface area contributed by atoms with Crippen LogP contribution in [-0.4, -0.2) is 6.29 Å². The summed E-state index contributed by atoms with van der Waals surface area (Å²) in [5.74, 6) is 1.45. The molecule has 0 saturated heterocycles. The summed E-state index contributed by atoms with van der Waals surface area (Å²) < 4.78 is 6.65. The molecule has 0 aliphatic heterocycles. The Morgan fingerprint density at radius 2 is 1.79 bits per heavy atom. The molecule has 0 aliphatic carbocycles. The van der Waals surface area contributed by atoms with Crippen LogP contribution in [0, 0.1) is 13.8 Å². The van der Waals surface area contributed by atoms with E-state index in [1.165, 1.54) is 0 Å². The fraction of sp³-hybridized carbons (Fsp3) is 0.133. The highest BCUT2D eigenvalue weighted by Gasteiger charge is 2.09. The summed E-state index contributed by atoms with van der Waals surface area (Å²) in [5.41, 5.74) is 2.54. The summed E-state index contributed by atoms with van der Waals surface area (Å²) in [5, 5.41) is 0.692. The van der Waals surface area contributed by atoms with Gasteiger partial charge in [0.25, 0.3) is 0 Å². The summed E-state index contributed by atoms with van der Waals surface area (Å²) in [6, 6.07) is 8.92. The summed E-state index contributed by atoms with van der Waals surface area (Å²) in [6.07, 6.45) is 0.799. The van der Waals surface area contributed by atoms with Crippen molar-refractivity contribution in [1.29, 1.82) is 0 Å². The third kappa shape index (κ3) is 3.17. The fourth-order valence-electron chi connectivity index (χ4n) is 1.84. The molecule has 98 valence electrons. The van der Waals surface area contributed by atoms with Gasteiger partial charge in [-0.2, -0.15) is 0 Å². The number of aryl methyl sites for hydroxylation is 2. The van der Waals surface area contributed by atoms with Crippen LogP contribution in [0.2, 0.25) is 5.02 Å². The van der Waals surface area contributed by atoms with Gasteiger partial charge in [-0.05, 0) is 71.2 Å². The summed E-state index contributed by atoms with van der Waals surface area (Å²) in [4.78, 5) is 10.7. The van der Waals surface area contributed by atoms with Gasteiger partial charge in [0.05, 0.1) is 4.47 Å². The lowest BCUT2D eigenvalue weighted by molar-refractivity contribution is 0.112. The molecule has 0 atom stereocenters. The van der Waals surface area contributed by atoms with Gasteiger partial charge < -0.3 is 4.74 Å². The Morgan fingerprint density at radius 3 is 2.32 bits per heavy atom. The summed E-state index contributed by atoms with van der Waals surface area (Å²) in [7, 11) is 0. The van der Waals surface area contributed by atoms with Crippen LogP contribution < -0.4 is 4.74 Å². The first-order valence-corrected chi connectivity index (χ1v) is 6.87. The number of hydrogen-bond donors (Lipinski definition) is 0. The van der Waals surface area contributed by atoms with E-state index in [1.807, 2.05) is 26.0 Å². The second-order valence-electron chi connectivity index (χ2n) is 4.28. The molecule has 2 aromatic carbocycles. The molecule has 0 N–H and O–H groups in total. The van der Waals surface area contributed by atoms with Gasteiger partial charge >= 0.3 is 0 Å². The van der Waals surface area contributed by atoms with E-state index in [0.29, 0.717) is 16.3 Å². The van der Waals surface area contributed by atoms with Crippen LogP contribution in [0.1, 0.15) is 21.5 Å². The second kappa shape index (κ2) is 5.76. The quantitative estimate of drug-likeness (QED) is 0.707. The molecule has 0 bridgehead atoms. The minimum Gasteiger partial charge on any atom is -0.456 e. The highest BCUT2D eigenvalue weighted by Crippen LogP contribution is 2.35. The summed E-state index contributed by atoms with van der Waals surface area (Å²) >= 11 is 9.39. The molecule has 0 unspecified atom stereocenters. The van der Waals surface area contributed by atoms with E-state index in [9.17, 15) is 4.79 Å². The molecule has 0 aliphatic rings. The Hall–Kier alpha value is -1.32. The number of hydrogen-bond acceptors (Lipinski definition) is 2. The molecule has 2 rings (SSSR count). The van der Waals surface area contributed by atoms with Gasteiger partial charge in [0, 0.05) is 10.6 Å². The van der Waals surface area contributed by atoms with Crippen LogP contribution >= 0.6 is 27.5 Å². The SMILES string of the molecule is Cc1cc(Cl)cc(C)c1Oc1ccc(C=O)cc1Br. The molecular formula is C15H12BrClO2. The van der Waals surface area contributed by atoms with E-state index >= 15 is 0 Å². The molecule has 0 amide bonds. The van der Waals surface area contributed by atoms with Crippen molar-refractivity contribution < 1.29 is 9.53 Å². The molecule has 0 fully saturated rings. The van der Waals surface area contributed by atoms with Gasteiger partial charge in [0.2, 0.25) is 0 Å². The fourth-order valence-corrected chi connectivity index (χ4v) is 2.65. The average molecular weight is 340 g/mol. The zero-order valence-electron chi connectivity index (χ0n) is 10.5. The zero-order valence-corrected chi connectivity index (χ0v) is 12.9.